The molecule has 0 radical (unpaired) electrons. The molecule has 1 aliphatic heterocycles. The summed E-state index contributed by atoms with van der Waals surface area (Å²) in [6.07, 6.45) is 4.31. The average Bonchev–Trinajstić information content (AvgIpc) is 2.70. The van der Waals surface area contributed by atoms with E-state index >= 15 is 0 Å². The summed E-state index contributed by atoms with van der Waals surface area (Å²) in [5.41, 5.74) is 0.805. The van der Waals surface area contributed by atoms with Crippen molar-refractivity contribution in [2.75, 3.05) is 45.8 Å². The fourth-order valence-electron chi connectivity index (χ4n) is 3.55. The Morgan fingerprint density at radius 1 is 1.18 bits per heavy atom. The Hall–Kier alpha value is -2.17. The molecule has 2 aromatic rings. The molecule has 1 aromatic heterocycles. The van der Waals surface area contributed by atoms with Crippen LogP contribution in [0.4, 0.5) is 5.82 Å². The Morgan fingerprint density at radius 3 is 2.43 bits per heavy atom. The second-order valence-corrected chi connectivity index (χ2v) is 8.66. The molecule has 0 atom stereocenters. The number of rotatable bonds is 7. The van der Waals surface area contributed by atoms with Gasteiger partial charge in [0.25, 0.3) is 10.2 Å². The lowest BCUT2D eigenvalue weighted by atomic mass is 9.93. The fourth-order valence-corrected chi connectivity index (χ4v) is 3.91. The summed E-state index contributed by atoms with van der Waals surface area (Å²) in [5, 5.41) is 6.07. The Labute approximate surface area is 165 Å². The smallest absolute Gasteiger partial charge is 0.276 e. The van der Waals surface area contributed by atoms with Crippen LogP contribution >= 0.6 is 0 Å². The number of nitrogens with zero attached hydrogens (tertiary/aromatic N) is 4. The third kappa shape index (κ3) is 4.45. The van der Waals surface area contributed by atoms with E-state index in [0.29, 0.717) is 24.0 Å². The maximum atomic E-state index is 11.3. The van der Waals surface area contributed by atoms with Crippen molar-refractivity contribution in [1.82, 2.24) is 14.3 Å². The molecule has 0 bridgehead atoms. The number of hydrogen-bond acceptors (Lipinski definition) is 7. The van der Waals surface area contributed by atoms with E-state index in [0.717, 1.165) is 49.1 Å². The van der Waals surface area contributed by atoms with Crippen LogP contribution in [0.1, 0.15) is 19.3 Å². The maximum absolute atomic E-state index is 11.3. The highest BCUT2D eigenvalue weighted by atomic mass is 32.2. The first-order valence-electron chi connectivity index (χ1n) is 9.19. The molecule has 3 rings (SSSR count). The lowest BCUT2D eigenvalue weighted by Crippen LogP contribution is -2.37. The summed E-state index contributed by atoms with van der Waals surface area (Å²) in [6, 6.07) is 3.77. The van der Waals surface area contributed by atoms with E-state index in [-0.39, 0.29) is 0 Å². The van der Waals surface area contributed by atoms with Gasteiger partial charge in [-0.05, 0) is 31.2 Å². The predicted octanol–water partition coefficient (Wildman–Crippen LogP) is 1.39. The van der Waals surface area contributed by atoms with Crippen LogP contribution in [0, 0.1) is 5.92 Å². The normalized spacial score (nSPS) is 16.0. The van der Waals surface area contributed by atoms with Crippen LogP contribution in [0.15, 0.2) is 18.5 Å². The Kier molecular flexibility index (Phi) is 6.21. The summed E-state index contributed by atoms with van der Waals surface area (Å²) in [7, 11) is 1.11. The zero-order valence-corrected chi connectivity index (χ0v) is 17.3. The number of anilines is 1. The van der Waals surface area contributed by atoms with Gasteiger partial charge in [0.2, 0.25) is 0 Å². The van der Waals surface area contributed by atoms with Gasteiger partial charge in [0.05, 0.1) is 19.7 Å². The minimum Gasteiger partial charge on any atom is -0.493 e. The van der Waals surface area contributed by atoms with Gasteiger partial charge in [-0.2, -0.15) is 12.7 Å². The third-order valence-corrected chi connectivity index (χ3v) is 6.37. The Morgan fingerprint density at radius 2 is 1.82 bits per heavy atom. The quantitative estimate of drug-likeness (QED) is 0.735. The van der Waals surface area contributed by atoms with Crippen molar-refractivity contribution in [2.24, 2.45) is 11.1 Å². The SMILES string of the molecule is COc1cc2ncnc(N3CCC(CCN(C)S(N)(=O)=O)CC3)c2cc1OC. The van der Waals surface area contributed by atoms with Gasteiger partial charge in [-0.3, -0.25) is 0 Å². The summed E-state index contributed by atoms with van der Waals surface area (Å²) in [6.45, 7) is 2.14. The number of nitrogens with two attached hydrogens (primary N) is 1. The fraction of sp³-hybridized carbons (Fsp3) is 0.556. The summed E-state index contributed by atoms with van der Waals surface area (Å²) >= 11 is 0. The largest absolute Gasteiger partial charge is 0.493 e. The molecule has 0 aliphatic carbocycles. The Balaban J connectivity index is 1.71. The first kappa shape index (κ1) is 20.6. The molecule has 2 N–H and O–H groups in total. The highest BCUT2D eigenvalue weighted by molar-refractivity contribution is 7.86. The van der Waals surface area contributed by atoms with Crippen LogP contribution in [0.25, 0.3) is 10.9 Å². The minimum atomic E-state index is -3.61. The Bertz CT molecular complexity index is 929. The highest BCUT2D eigenvalue weighted by Gasteiger charge is 2.23. The molecular weight excluding hydrogens is 382 g/mol. The summed E-state index contributed by atoms with van der Waals surface area (Å²) in [5.74, 6) is 2.62. The zero-order valence-electron chi connectivity index (χ0n) is 16.5. The van der Waals surface area contributed by atoms with Crippen molar-refractivity contribution in [1.29, 1.82) is 0 Å². The van der Waals surface area contributed by atoms with Crippen LogP contribution in [-0.4, -0.2) is 63.6 Å². The third-order valence-electron chi connectivity index (χ3n) is 5.32. The minimum absolute atomic E-state index is 0.441. The molecule has 2 heterocycles. The molecule has 0 amide bonds. The molecule has 1 fully saturated rings. The molecule has 1 aromatic carbocycles. The second kappa shape index (κ2) is 8.46. The molecular formula is C18H27N5O4S. The zero-order chi connectivity index (χ0) is 20.3. The van der Waals surface area contributed by atoms with Crippen LogP contribution in [0.5, 0.6) is 11.5 Å². The van der Waals surface area contributed by atoms with E-state index in [1.54, 1.807) is 20.5 Å². The topological polar surface area (TPSA) is 111 Å². The number of ether oxygens (including phenoxy) is 2. The van der Waals surface area contributed by atoms with Gasteiger partial charge in [-0.15, -0.1) is 0 Å². The number of hydrogen-bond donors (Lipinski definition) is 1. The van der Waals surface area contributed by atoms with E-state index < -0.39 is 10.2 Å². The van der Waals surface area contributed by atoms with Crippen LogP contribution in [0.2, 0.25) is 0 Å². The van der Waals surface area contributed by atoms with Crippen molar-refractivity contribution >= 4 is 26.9 Å². The average molecular weight is 410 g/mol. The van der Waals surface area contributed by atoms with Gasteiger partial charge in [-0.1, -0.05) is 0 Å². The predicted molar refractivity (Wildman–Crippen MR) is 108 cm³/mol. The standard InChI is InChI=1S/C18H27N5O4S/c1-22(28(19,24)25)7-4-13-5-8-23(9-6-13)18-14-10-16(26-2)17(27-3)11-15(14)20-12-21-18/h10-13H,4-9H2,1-3H3,(H2,19,24,25). The van der Waals surface area contributed by atoms with E-state index in [2.05, 4.69) is 14.9 Å². The molecule has 0 spiro atoms. The van der Waals surface area contributed by atoms with Crippen LogP contribution in [0.3, 0.4) is 0 Å². The molecule has 10 heteroatoms. The van der Waals surface area contributed by atoms with E-state index in [4.69, 9.17) is 14.6 Å². The van der Waals surface area contributed by atoms with Gasteiger partial charge in [-0.25, -0.2) is 15.1 Å². The van der Waals surface area contributed by atoms with Gasteiger partial charge in [0, 0.05) is 38.1 Å². The first-order chi connectivity index (χ1) is 13.3. The molecule has 1 saturated heterocycles. The van der Waals surface area contributed by atoms with Gasteiger partial charge in [0.15, 0.2) is 11.5 Å². The number of piperidine rings is 1. The molecule has 28 heavy (non-hydrogen) atoms. The highest BCUT2D eigenvalue weighted by Crippen LogP contribution is 2.35. The molecule has 9 nitrogen and oxygen atoms in total. The van der Waals surface area contributed by atoms with Crippen LogP contribution < -0.4 is 19.5 Å². The van der Waals surface area contributed by atoms with Crippen molar-refractivity contribution in [2.45, 2.75) is 19.3 Å². The maximum Gasteiger partial charge on any atom is 0.276 e. The lowest BCUT2D eigenvalue weighted by Gasteiger charge is -2.33. The second-order valence-electron chi connectivity index (χ2n) is 7.01. The molecule has 154 valence electrons. The van der Waals surface area contributed by atoms with Crippen LogP contribution in [-0.2, 0) is 10.2 Å². The first-order valence-corrected chi connectivity index (χ1v) is 10.7. The number of benzene rings is 1. The van der Waals surface area contributed by atoms with E-state index in [1.807, 2.05) is 12.1 Å². The number of aromatic nitrogens is 2. The molecule has 0 saturated carbocycles. The van der Waals surface area contributed by atoms with Crippen molar-refractivity contribution in [3.05, 3.63) is 18.5 Å². The lowest BCUT2D eigenvalue weighted by molar-refractivity contribution is 0.344. The van der Waals surface area contributed by atoms with Gasteiger partial charge >= 0.3 is 0 Å². The molecule has 0 unspecified atom stereocenters. The number of methoxy groups -OCH3 is 2. The van der Waals surface area contributed by atoms with E-state index in [9.17, 15) is 8.42 Å². The monoisotopic (exact) mass is 409 g/mol. The van der Waals surface area contributed by atoms with Crippen molar-refractivity contribution < 1.29 is 17.9 Å². The van der Waals surface area contributed by atoms with Gasteiger partial charge in [0.1, 0.15) is 12.1 Å². The summed E-state index contributed by atoms with van der Waals surface area (Å²) < 4.78 is 34.6. The molecule has 1 aliphatic rings. The summed E-state index contributed by atoms with van der Waals surface area (Å²) in [4.78, 5) is 11.1. The van der Waals surface area contributed by atoms with E-state index in [1.165, 1.54) is 11.4 Å². The number of fused-ring (bicyclic) bond motifs is 1. The van der Waals surface area contributed by atoms with Crippen molar-refractivity contribution in [3.8, 4) is 11.5 Å². The van der Waals surface area contributed by atoms with Crippen molar-refractivity contribution in [3.63, 3.8) is 0 Å². The van der Waals surface area contributed by atoms with Gasteiger partial charge < -0.3 is 14.4 Å².